The van der Waals surface area contributed by atoms with Crippen LogP contribution in [0.25, 0.3) is 0 Å². The Bertz CT molecular complexity index is 662. The Hall–Kier alpha value is -1.96. The molecule has 2 aliphatic rings. The highest BCUT2D eigenvalue weighted by Gasteiger charge is 2.24. The number of rotatable bonds is 5. The van der Waals surface area contributed by atoms with Crippen LogP contribution in [0.4, 0.5) is 5.69 Å². The van der Waals surface area contributed by atoms with Crippen LogP contribution in [-0.4, -0.2) is 85.4 Å². The fourth-order valence-corrected chi connectivity index (χ4v) is 3.96. The number of carbonyl (C=O) groups is 2. The third-order valence-corrected chi connectivity index (χ3v) is 5.97. The average Bonchev–Trinajstić information content (AvgIpc) is 2.70. The second-order valence-electron chi connectivity index (χ2n) is 8.19. The molecule has 0 saturated carbocycles. The molecule has 0 atom stereocenters. The third-order valence-electron chi connectivity index (χ3n) is 5.97. The molecule has 0 unspecified atom stereocenters. The van der Waals surface area contributed by atoms with Crippen molar-refractivity contribution in [3.05, 3.63) is 29.8 Å². The highest BCUT2D eigenvalue weighted by molar-refractivity contribution is 5.96. The summed E-state index contributed by atoms with van der Waals surface area (Å²) in [6, 6.07) is 7.75. The zero-order valence-electron chi connectivity index (χ0n) is 17.1. The van der Waals surface area contributed by atoms with E-state index in [4.69, 9.17) is 5.73 Å². The molecule has 0 bridgehead atoms. The lowest BCUT2D eigenvalue weighted by Crippen LogP contribution is -2.44. The predicted molar refractivity (Wildman–Crippen MR) is 111 cm³/mol. The van der Waals surface area contributed by atoms with Crippen molar-refractivity contribution in [2.24, 2.45) is 5.73 Å². The van der Waals surface area contributed by atoms with Gasteiger partial charge < -0.3 is 20.9 Å². The van der Waals surface area contributed by atoms with Crippen LogP contribution in [0.15, 0.2) is 24.3 Å². The molecule has 2 amide bonds. The van der Waals surface area contributed by atoms with E-state index < -0.39 is 0 Å². The molecule has 7 nitrogen and oxygen atoms in total. The van der Waals surface area contributed by atoms with Crippen LogP contribution in [0.2, 0.25) is 0 Å². The minimum absolute atomic E-state index is 0.0296. The molecular formula is C21H33N5O2. The summed E-state index contributed by atoms with van der Waals surface area (Å²) in [7, 11) is 4.00. The van der Waals surface area contributed by atoms with Gasteiger partial charge in [-0.1, -0.05) is 0 Å². The molecule has 0 spiro atoms. The van der Waals surface area contributed by atoms with E-state index in [0.717, 1.165) is 57.5 Å². The fourth-order valence-electron chi connectivity index (χ4n) is 3.96. The minimum atomic E-state index is -0.0296. The Balaban J connectivity index is 1.50. The first-order valence-corrected chi connectivity index (χ1v) is 10.3. The van der Waals surface area contributed by atoms with Gasteiger partial charge in [-0.05, 0) is 70.1 Å². The van der Waals surface area contributed by atoms with E-state index in [1.807, 2.05) is 11.9 Å². The average molecular weight is 388 g/mol. The molecule has 2 heterocycles. The molecule has 1 aromatic rings. The molecule has 0 radical (unpaired) electrons. The van der Waals surface area contributed by atoms with Crippen molar-refractivity contribution in [1.82, 2.24) is 14.7 Å². The fraction of sp³-hybridized carbons (Fsp3) is 0.619. The van der Waals surface area contributed by atoms with E-state index >= 15 is 0 Å². The van der Waals surface area contributed by atoms with Crippen LogP contribution in [0.3, 0.4) is 0 Å². The second kappa shape index (κ2) is 9.49. The van der Waals surface area contributed by atoms with Gasteiger partial charge in [-0.25, -0.2) is 0 Å². The van der Waals surface area contributed by atoms with Crippen molar-refractivity contribution in [2.45, 2.75) is 37.8 Å². The summed E-state index contributed by atoms with van der Waals surface area (Å²) in [6.45, 7) is 4.16. The standard InChI is InChI=1S/C21H33N5O2/c1-24-11-9-19(10-12-24)25(2)21(28)16-3-5-18(6-4-16)23-20(27)15-26-13-7-17(22)8-14-26/h3-6,17,19H,7-15,22H2,1-2H3,(H,23,27). The number of hydrogen-bond donors (Lipinski definition) is 2. The zero-order chi connectivity index (χ0) is 20.1. The first-order valence-electron chi connectivity index (χ1n) is 10.3. The molecule has 28 heavy (non-hydrogen) atoms. The van der Waals surface area contributed by atoms with Crippen molar-refractivity contribution < 1.29 is 9.59 Å². The normalized spacial score (nSPS) is 20.1. The Labute approximate surface area is 167 Å². The molecule has 1 aromatic carbocycles. The maximum Gasteiger partial charge on any atom is 0.253 e. The number of likely N-dealkylation sites (tertiary alicyclic amines) is 2. The smallest absolute Gasteiger partial charge is 0.253 e. The van der Waals surface area contributed by atoms with Crippen molar-refractivity contribution in [2.75, 3.05) is 52.1 Å². The van der Waals surface area contributed by atoms with Crippen LogP contribution in [0, 0.1) is 0 Å². The van der Waals surface area contributed by atoms with Crippen molar-refractivity contribution in [1.29, 1.82) is 0 Å². The molecule has 154 valence electrons. The number of nitrogens with one attached hydrogen (secondary N) is 1. The van der Waals surface area contributed by atoms with Gasteiger partial charge in [0.05, 0.1) is 6.54 Å². The van der Waals surface area contributed by atoms with E-state index in [1.54, 1.807) is 24.3 Å². The highest BCUT2D eigenvalue weighted by Crippen LogP contribution is 2.18. The van der Waals surface area contributed by atoms with E-state index in [9.17, 15) is 9.59 Å². The molecule has 2 aliphatic heterocycles. The minimum Gasteiger partial charge on any atom is -0.339 e. The molecule has 0 aliphatic carbocycles. The van der Waals surface area contributed by atoms with Crippen LogP contribution in [-0.2, 0) is 4.79 Å². The van der Waals surface area contributed by atoms with E-state index in [1.165, 1.54) is 0 Å². The summed E-state index contributed by atoms with van der Waals surface area (Å²) in [5.41, 5.74) is 7.28. The molecule has 2 saturated heterocycles. The second-order valence-corrected chi connectivity index (χ2v) is 8.19. The number of benzene rings is 1. The van der Waals surface area contributed by atoms with Gasteiger partial charge in [0.2, 0.25) is 5.91 Å². The van der Waals surface area contributed by atoms with Crippen molar-refractivity contribution in [3.8, 4) is 0 Å². The molecule has 3 rings (SSSR count). The zero-order valence-corrected chi connectivity index (χ0v) is 17.1. The van der Waals surface area contributed by atoms with E-state index in [-0.39, 0.29) is 17.9 Å². The molecule has 0 aromatic heterocycles. The van der Waals surface area contributed by atoms with Crippen LogP contribution < -0.4 is 11.1 Å². The van der Waals surface area contributed by atoms with Crippen molar-refractivity contribution in [3.63, 3.8) is 0 Å². The van der Waals surface area contributed by atoms with Gasteiger partial charge in [-0.2, -0.15) is 0 Å². The Kier molecular flexibility index (Phi) is 7.04. The van der Waals surface area contributed by atoms with Crippen LogP contribution >= 0.6 is 0 Å². The highest BCUT2D eigenvalue weighted by atomic mass is 16.2. The number of anilines is 1. The Morgan fingerprint density at radius 2 is 1.68 bits per heavy atom. The summed E-state index contributed by atoms with van der Waals surface area (Å²) in [5, 5.41) is 2.92. The lowest BCUT2D eigenvalue weighted by molar-refractivity contribution is -0.117. The maximum absolute atomic E-state index is 12.8. The summed E-state index contributed by atoms with van der Waals surface area (Å²) in [5.74, 6) is 0.00933. The van der Waals surface area contributed by atoms with Gasteiger partial charge in [-0.15, -0.1) is 0 Å². The van der Waals surface area contributed by atoms with Gasteiger partial charge in [0.25, 0.3) is 5.91 Å². The Morgan fingerprint density at radius 1 is 1.07 bits per heavy atom. The van der Waals surface area contributed by atoms with Gasteiger partial charge in [-0.3, -0.25) is 14.5 Å². The number of nitrogens with two attached hydrogens (primary N) is 1. The summed E-state index contributed by atoms with van der Waals surface area (Å²) in [6.07, 6.45) is 3.90. The first kappa shape index (κ1) is 20.8. The number of nitrogens with zero attached hydrogens (tertiary/aromatic N) is 3. The van der Waals surface area contributed by atoms with E-state index in [0.29, 0.717) is 18.2 Å². The molecule has 3 N–H and O–H groups in total. The van der Waals surface area contributed by atoms with E-state index in [2.05, 4.69) is 22.2 Å². The largest absolute Gasteiger partial charge is 0.339 e. The molecule has 2 fully saturated rings. The topological polar surface area (TPSA) is 81.9 Å². The lowest BCUT2D eigenvalue weighted by Gasteiger charge is -2.35. The van der Waals surface area contributed by atoms with Crippen LogP contribution in [0.1, 0.15) is 36.0 Å². The summed E-state index contributed by atoms with van der Waals surface area (Å²) < 4.78 is 0. The quantitative estimate of drug-likeness (QED) is 0.794. The lowest BCUT2D eigenvalue weighted by atomic mass is 10.0. The maximum atomic E-state index is 12.8. The molecular weight excluding hydrogens is 354 g/mol. The number of carbonyl (C=O) groups excluding carboxylic acids is 2. The summed E-state index contributed by atoms with van der Waals surface area (Å²) in [4.78, 5) is 31.3. The van der Waals surface area contributed by atoms with Gasteiger partial charge in [0.1, 0.15) is 0 Å². The number of amides is 2. The van der Waals surface area contributed by atoms with Gasteiger partial charge in [0, 0.05) is 43.5 Å². The SMILES string of the molecule is CN1CCC(N(C)C(=O)c2ccc(NC(=O)CN3CCC(N)CC3)cc2)CC1. The number of hydrogen-bond acceptors (Lipinski definition) is 5. The molecule has 7 heteroatoms. The van der Waals surface area contributed by atoms with Gasteiger partial charge >= 0.3 is 0 Å². The first-order chi connectivity index (χ1) is 13.4. The number of piperidine rings is 2. The van der Waals surface area contributed by atoms with Crippen molar-refractivity contribution >= 4 is 17.5 Å². The predicted octanol–water partition coefficient (Wildman–Crippen LogP) is 1.21. The summed E-state index contributed by atoms with van der Waals surface area (Å²) >= 11 is 0. The Morgan fingerprint density at radius 3 is 2.29 bits per heavy atom. The third kappa shape index (κ3) is 5.53. The monoisotopic (exact) mass is 387 g/mol. The van der Waals surface area contributed by atoms with Gasteiger partial charge in [0.15, 0.2) is 0 Å². The van der Waals surface area contributed by atoms with Crippen LogP contribution in [0.5, 0.6) is 0 Å².